The molecule has 126 valence electrons. The Labute approximate surface area is 135 Å². The van der Waals surface area contributed by atoms with Crippen LogP contribution in [-0.2, 0) is 0 Å². The Hall–Kier alpha value is -0.0800. The molecule has 0 radical (unpaired) electrons. The molecule has 4 aliphatic rings. The van der Waals surface area contributed by atoms with E-state index in [0.29, 0.717) is 17.9 Å². The van der Waals surface area contributed by atoms with Crippen LogP contribution in [0.4, 0.5) is 0 Å². The third-order valence-electron chi connectivity index (χ3n) is 8.65. The van der Waals surface area contributed by atoms with Gasteiger partial charge in [0.25, 0.3) is 0 Å². The Morgan fingerprint density at radius 3 is 2.41 bits per heavy atom. The number of rotatable bonds is 1. The molecule has 0 aromatic carbocycles. The van der Waals surface area contributed by atoms with Crippen LogP contribution in [0.1, 0.15) is 71.6 Å². The van der Waals surface area contributed by atoms with Gasteiger partial charge in [-0.05, 0) is 106 Å². The molecule has 8 atom stereocenters. The number of hydrogen-bond acceptors (Lipinski definition) is 2. The molecule has 0 saturated heterocycles. The normalized spacial score (nSPS) is 57.8. The van der Waals surface area contributed by atoms with Crippen molar-refractivity contribution in [3.8, 4) is 0 Å². The van der Waals surface area contributed by atoms with E-state index in [0.717, 1.165) is 42.4 Å². The zero-order chi connectivity index (χ0) is 15.5. The van der Waals surface area contributed by atoms with Crippen molar-refractivity contribution in [2.75, 3.05) is 6.61 Å². The lowest BCUT2D eigenvalue weighted by molar-refractivity contribution is -0.102. The maximum Gasteiger partial charge on any atom is 0.0622 e. The Morgan fingerprint density at radius 1 is 0.864 bits per heavy atom. The van der Waals surface area contributed by atoms with Crippen LogP contribution >= 0.6 is 0 Å². The third-order valence-corrected chi connectivity index (χ3v) is 8.65. The van der Waals surface area contributed by atoms with E-state index in [9.17, 15) is 10.2 Å². The quantitative estimate of drug-likeness (QED) is 0.769. The molecule has 0 spiro atoms. The van der Waals surface area contributed by atoms with Crippen molar-refractivity contribution in [1.82, 2.24) is 0 Å². The summed E-state index contributed by atoms with van der Waals surface area (Å²) < 4.78 is 0. The minimum Gasteiger partial charge on any atom is -0.396 e. The molecule has 0 aromatic rings. The maximum atomic E-state index is 10.4. The van der Waals surface area contributed by atoms with Gasteiger partial charge < -0.3 is 10.2 Å². The summed E-state index contributed by atoms with van der Waals surface area (Å²) in [4.78, 5) is 0. The lowest BCUT2D eigenvalue weighted by Gasteiger charge is -2.57. The summed E-state index contributed by atoms with van der Waals surface area (Å²) in [5, 5.41) is 20.2. The van der Waals surface area contributed by atoms with E-state index < -0.39 is 5.60 Å². The average Bonchev–Trinajstić information content (AvgIpc) is 2.82. The molecule has 0 aliphatic heterocycles. The fraction of sp³-hybridized carbons (Fsp3) is 1.00. The van der Waals surface area contributed by atoms with Crippen molar-refractivity contribution in [3.63, 3.8) is 0 Å². The summed E-state index contributed by atoms with van der Waals surface area (Å²) in [5.41, 5.74) is 0.0233. The first-order chi connectivity index (χ1) is 10.4. The van der Waals surface area contributed by atoms with Crippen molar-refractivity contribution in [2.45, 2.75) is 77.2 Å². The molecule has 2 N–H and O–H groups in total. The summed E-state index contributed by atoms with van der Waals surface area (Å²) in [7, 11) is 0. The largest absolute Gasteiger partial charge is 0.396 e. The van der Waals surface area contributed by atoms with Gasteiger partial charge >= 0.3 is 0 Å². The van der Waals surface area contributed by atoms with Gasteiger partial charge in [-0.2, -0.15) is 0 Å². The molecule has 4 unspecified atom stereocenters. The highest BCUT2D eigenvalue weighted by Crippen LogP contribution is 2.64. The van der Waals surface area contributed by atoms with Crippen LogP contribution < -0.4 is 0 Å². The summed E-state index contributed by atoms with van der Waals surface area (Å²) in [6.45, 7) is 4.94. The zero-order valence-electron chi connectivity index (χ0n) is 14.4. The molecule has 4 fully saturated rings. The van der Waals surface area contributed by atoms with Crippen molar-refractivity contribution in [2.24, 2.45) is 40.9 Å². The highest BCUT2D eigenvalue weighted by atomic mass is 16.3. The zero-order valence-corrected chi connectivity index (χ0v) is 14.4. The van der Waals surface area contributed by atoms with Crippen molar-refractivity contribution in [3.05, 3.63) is 0 Å². The van der Waals surface area contributed by atoms with Crippen LogP contribution in [0.5, 0.6) is 0 Å². The maximum absolute atomic E-state index is 10.4. The predicted octanol–water partition coefficient (Wildman–Crippen LogP) is 4.00. The number of aliphatic hydroxyl groups is 2. The molecule has 0 bridgehead atoms. The molecule has 4 rings (SSSR count). The van der Waals surface area contributed by atoms with Crippen LogP contribution in [0.2, 0.25) is 0 Å². The van der Waals surface area contributed by atoms with Gasteiger partial charge in [0, 0.05) is 6.61 Å². The first kappa shape index (κ1) is 15.4. The van der Waals surface area contributed by atoms with Gasteiger partial charge in [-0.3, -0.25) is 0 Å². The van der Waals surface area contributed by atoms with Gasteiger partial charge in [0.15, 0.2) is 0 Å². The predicted molar refractivity (Wildman–Crippen MR) is 88.3 cm³/mol. The molecular weight excluding hydrogens is 272 g/mol. The first-order valence-corrected chi connectivity index (χ1v) is 9.78. The van der Waals surface area contributed by atoms with Crippen LogP contribution in [0.25, 0.3) is 0 Å². The van der Waals surface area contributed by atoms with Crippen molar-refractivity contribution < 1.29 is 10.2 Å². The highest BCUT2D eigenvalue weighted by molar-refractivity contribution is 5.06. The summed E-state index contributed by atoms with van der Waals surface area (Å²) in [6, 6.07) is 0. The molecule has 0 amide bonds. The monoisotopic (exact) mass is 306 g/mol. The molecule has 2 nitrogen and oxygen atoms in total. The number of aliphatic hydroxyl groups excluding tert-OH is 1. The fourth-order valence-electron chi connectivity index (χ4n) is 7.49. The van der Waals surface area contributed by atoms with Crippen LogP contribution in [0.15, 0.2) is 0 Å². The van der Waals surface area contributed by atoms with Gasteiger partial charge in [-0.1, -0.05) is 6.92 Å². The summed E-state index contributed by atoms with van der Waals surface area (Å²) in [5.74, 6) is 4.93. The standard InChI is InChI=1S/C20H34O2/c1-19(22)9-7-15-13(11-19)3-5-17-16(15)8-10-20(2)14(12-21)4-6-18(17)20/h13-18,21-22H,3-12H2,1-2H3/t13?,14?,15?,16-,17-,18+,19-,20?/m1/s1. The topological polar surface area (TPSA) is 40.5 Å². The second-order valence-electron chi connectivity index (χ2n) is 9.68. The molecule has 0 aromatic heterocycles. The highest BCUT2D eigenvalue weighted by Gasteiger charge is 2.57. The van der Waals surface area contributed by atoms with Crippen molar-refractivity contribution in [1.29, 1.82) is 0 Å². The first-order valence-electron chi connectivity index (χ1n) is 9.78. The van der Waals surface area contributed by atoms with Gasteiger partial charge in [0.05, 0.1) is 5.60 Å². The molecule has 4 saturated carbocycles. The number of fused-ring (bicyclic) bond motifs is 5. The summed E-state index contributed by atoms with van der Waals surface area (Å²) in [6.07, 6.45) is 11.4. The van der Waals surface area contributed by atoms with Crippen LogP contribution in [-0.4, -0.2) is 22.4 Å². The SMILES string of the molecule is CC12CC[C@@H]3C4CC[C@@](C)(O)CC4CC[C@H]3[C@@H]1CCC2CO. The van der Waals surface area contributed by atoms with Crippen LogP contribution in [0.3, 0.4) is 0 Å². The minimum atomic E-state index is -0.396. The Morgan fingerprint density at radius 2 is 1.64 bits per heavy atom. The van der Waals surface area contributed by atoms with E-state index in [4.69, 9.17) is 0 Å². The van der Waals surface area contributed by atoms with Crippen molar-refractivity contribution >= 4 is 0 Å². The van der Waals surface area contributed by atoms with E-state index >= 15 is 0 Å². The lowest BCUT2D eigenvalue weighted by atomic mass is 9.49. The van der Waals surface area contributed by atoms with Crippen LogP contribution in [0, 0.1) is 40.9 Å². The van der Waals surface area contributed by atoms with Gasteiger partial charge in [0.1, 0.15) is 0 Å². The molecular formula is C20H34O2. The van der Waals surface area contributed by atoms with Gasteiger partial charge in [-0.25, -0.2) is 0 Å². The third kappa shape index (κ3) is 2.20. The molecule has 4 aliphatic carbocycles. The average molecular weight is 306 g/mol. The van der Waals surface area contributed by atoms with Gasteiger partial charge in [-0.15, -0.1) is 0 Å². The molecule has 2 heteroatoms. The lowest BCUT2D eigenvalue weighted by Crippen LogP contribution is -2.50. The fourth-order valence-corrected chi connectivity index (χ4v) is 7.49. The second-order valence-corrected chi connectivity index (χ2v) is 9.68. The Kier molecular flexibility index (Phi) is 3.66. The minimum absolute atomic E-state index is 0.396. The Balaban J connectivity index is 1.54. The smallest absolute Gasteiger partial charge is 0.0622 e. The van der Waals surface area contributed by atoms with E-state index in [2.05, 4.69) is 13.8 Å². The van der Waals surface area contributed by atoms with E-state index in [-0.39, 0.29) is 0 Å². The second kappa shape index (κ2) is 5.21. The Bertz CT molecular complexity index is 431. The van der Waals surface area contributed by atoms with E-state index in [1.54, 1.807) is 0 Å². The van der Waals surface area contributed by atoms with Gasteiger partial charge in [0.2, 0.25) is 0 Å². The van der Waals surface area contributed by atoms with E-state index in [1.165, 1.54) is 44.9 Å². The molecule has 22 heavy (non-hydrogen) atoms. The molecule has 0 heterocycles. The summed E-state index contributed by atoms with van der Waals surface area (Å²) >= 11 is 0. The number of hydrogen-bond donors (Lipinski definition) is 2. The van der Waals surface area contributed by atoms with E-state index in [1.807, 2.05) is 0 Å².